The van der Waals surface area contributed by atoms with Gasteiger partial charge < -0.3 is 20.7 Å². The Morgan fingerprint density at radius 3 is 2.29 bits per heavy atom. The Kier molecular flexibility index (Phi) is 11.4. The smallest absolute Gasteiger partial charge is 0.224 e. The van der Waals surface area contributed by atoms with Crippen LogP contribution in [-0.4, -0.2) is 42.7 Å². The van der Waals surface area contributed by atoms with Crippen LogP contribution in [0.3, 0.4) is 0 Å². The molecule has 13 heteroatoms. The highest BCUT2D eigenvalue weighted by Crippen LogP contribution is 2.27. The van der Waals surface area contributed by atoms with Crippen molar-refractivity contribution in [3.8, 4) is 5.75 Å². The van der Waals surface area contributed by atoms with E-state index in [-0.39, 0.29) is 49.3 Å². The minimum Gasteiger partial charge on any atom is -0.479 e. The first kappa shape index (κ1) is 32.5. The molecule has 1 fully saturated rings. The van der Waals surface area contributed by atoms with Gasteiger partial charge in [0, 0.05) is 43.0 Å². The predicted molar refractivity (Wildman–Crippen MR) is 140 cm³/mol. The van der Waals surface area contributed by atoms with Crippen LogP contribution in [-0.2, 0) is 25.7 Å². The summed E-state index contributed by atoms with van der Waals surface area (Å²) in [6.45, 7) is 2.79. The number of benzene rings is 2. The zero-order valence-electron chi connectivity index (χ0n) is 23.1. The topological polar surface area (TPSA) is 114 Å². The van der Waals surface area contributed by atoms with Crippen molar-refractivity contribution >= 4 is 23.5 Å². The molecular weight excluding hydrogens is 565 g/mol. The summed E-state index contributed by atoms with van der Waals surface area (Å²) in [5.41, 5.74) is 0.252. The zero-order valence-corrected chi connectivity index (χ0v) is 23.1. The van der Waals surface area contributed by atoms with Gasteiger partial charge in [-0.05, 0) is 31.2 Å². The molecular formula is C29H32F5N3O5. The lowest BCUT2D eigenvalue weighted by atomic mass is 9.91. The second-order valence-electron chi connectivity index (χ2n) is 10.5. The number of halogens is 5. The van der Waals surface area contributed by atoms with Gasteiger partial charge in [-0.25, -0.2) is 13.2 Å². The molecule has 3 atom stereocenters. The molecule has 1 heterocycles. The van der Waals surface area contributed by atoms with Gasteiger partial charge in [0.2, 0.25) is 29.4 Å². The molecule has 42 heavy (non-hydrogen) atoms. The van der Waals surface area contributed by atoms with Gasteiger partial charge in [0.1, 0.15) is 12.4 Å². The van der Waals surface area contributed by atoms with Gasteiger partial charge in [-0.1, -0.05) is 32.0 Å². The molecule has 0 aliphatic carbocycles. The summed E-state index contributed by atoms with van der Waals surface area (Å²) in [7, 11) is 0. The van der Waals surface area contributed by atoms with E-state index in [4.69, 9.17) is 4.74 Å². The van der Waals surface area contributed by atoms with Crippen LogP contribution in [0.4, 0.5) is 22.0 Å². The number of hydrogen-bond donors (Lipinski definition) is 3. The molecule has 2 aromatic rings. The van der Waals surface area contributed by atoms with E-state index in [1.807, 2.05) is 13.8 Å². The second kappa shape index (κ2) is 14.7. The standard InChI is InChI=1S/C29H32F5N3O5/c1-15(2)9-18(11-24(39)36-13-17-5-3-4-6-19(17)30)29(41)37-22(10-16-7-8-35-28(16)40)23(38)14-42-27-25(33)20(31)12-21(32)26(27)34/h3-6,12,15-16,18,22H,7-11,13-14H2,1-2H3,(H,35,40)(H,36,39)(H,37,41)/t16-,18+,22-/m0/s1. The Bertz CT molecular complexity index is 1300. The maximum atomic E-state index is 14.0. The van der Waals surface area contributed by atoms with Crippen LogP contribution in [0.1, 0.15) is 45.1 Å². The van der Waals surface area contributed by atoms with E-state index in [1.54, 1.807) is 6.07 Å². The second-order valence-corrected chi connectivity index (χ2v) is 10.5. The summed E-state index contributed by atoms with van der Waals surface area (Å²) in [6.07, 6.45) is 0.111. The van der Waals surface area contributed by atoms with Crippen molar-refractivity contribution in [2.75, 3.05) is 13.2 Å². The van der Waals surface area contributed by atoms with Crippen molar-refractivity contribution in [2.45, 2.75) is 52.1 Å². The molecule has 0 saturated carbocycles. The van der Waals surface area contributed by atoms with Crippen molar-refractivity contribution in [2.24, 2.45) is 17.8 Å². The van der Waals surface area contributed by atoms with E-state index in [0.29, 0.717) is 13.0 Å². The van der Waals surface area contributed by atoms with Crippen molar-refractivity contribution in [3.63, 3.8) is 0 Å². The van der Waals surface area contributed by atoms with E-state index < -0.39 is 76.9 Å². The summed E-state index contributed by atoms with van der Waals surface area (Å²) < 4.78 is 73.9. The summed E-state index contributed by atoms with van der Waals surface area (Å²) >= 11 is 0. The maximum Gasteiger partial charge on any atom is 0.224 e. The van der Waals surface area contributed by atoms with Crippen LogP contribution in [0.25, 0.3) is 0 Å². The molecule has 1 aliphatic heterocycles. The first-order chi connectivity index (χ1) is 19.9. The number of ketones is 1. The molecule has 0 aromatic heterocycles. The van der Waals surface area contributed by atoms with Crippen LogP contribution in [0.15, 0.2) is 30.3 Å². The minimum absolute atomic E-state index is 0.0115. The third-order valence-corrected chi connectivity index (χ3v) is 6.81. The quantitative estimate of drug-likeness (QED) is 0.227. The average Bonchev–Trinajstić information content (AvgIpc) is 3.34. The molecule has 8 nitrogen and oxygen atoms in total. The molecule has 2 aromatic carbocycles. The van der Waals surface area contributed by atoms with Crippen molar-refractivity contribution in [3.05, 3.63) is 65.0 Å². The van der Waals surface area contributed by atoms with Crippen LogP contribution in [0.5, 0.6) is 5.75 Å². The molecule has 3 rings (SSSR count). The lowest BCUT2D eigenvalue weighted by molar-refractivity contribution is -0.134. The Labute approximate surface area is 239 Å². The molecule has 0 radical (unpaired) electrons. The number of amides is 3. The van der Waals surface area contributed by atoms with Crippen molar-refractivity contribution in [1.82, 2.24) is 16.0 Å². The van der Waals surface area contributed by atoms with Gasteiger partial charge in [0.05, 0.1) is 6.04 Å². The number of ether oxygens (including phenoxy) is 1. The molecule has 3 N–H and O–H groups in total. The van der Waals surface area contributed by atoms with Crippen LogP contribution in [0, 0.1) is 46.8 Å². The van der Waals surface area contributed by atoms with Gasteiger partial charge in [0.25, 0.3) is 0 Å². The van der Waals surface area contributed by atoms with E-state index in [0.717, 1.165) is 0 Å². The molecule has 3 amide bonds. The van der Waals surface area contributed by atoms with Crippen molar-refractivity contribution in [1.29, 1.82) is 0 Å². The van der Waals surface area contributed by atoms with Gasteiger partial charge in [-0.2, -0.15) is 8.78 Å². The largest absolute Gasteiger partial charge is 0.479 e. The Morgan fingerprint density at radius 2 is 1.69 bits per heavy atom. The summed E-state index contributed by atoms with van der Waals surface area (Å²) in [6, 6.07) is 4.47. The van der Waals surface area contributed by atoms with E-state index in [1.165, 1.54) is 18.2 Å². The fourth-order valence-corrected chi connectivity index (χ4v) is 4.62. The summed E-state index contributed by atoms with van der Waals surface area (Å²) in [5, 5.41) is 7.69. The first-order valence-electron chi connectivity index (χ1n) is 13.4. The zero-order chi connectivity index (χ0) is 31.0. The van der Waals surface area contributed by atoms with Crippen LogP contribution >= 0.6 is 0 Å². The summed E-state index contributed by atoms with van der Waals surface area (Å²) in [4.78, 5) is 51.2. The fourth-order valence-electron chi connectivity index (χ4n) is 4.62. The maximum absolute atomic E-state index is 14.0. The highest BCUT2D eigenvalue weighted by Gasteiger charge is 2.34. The van der Waals surface area contributed by atoms with Gasteiger partial charge in [-0.3, -0.25) is 19.2 Å². The van der Waals surface area contributed by atoms with E-state index >= 15 is 0 Å². The number of nitrogens with one attached hydrogen (secondary N) is 3. The third-order valence-electron chi connectivity index (χ3n) is 6.81. The van der Waals surface area contributed by atoms with Gasteiger partial charge >= 0.3 is 0 Å². The monoisotopic (exact) mass is 597 g/mol. The van der Waals surface area contributed by atoms with Crippen LogP contribution < -0.4 is 20.7 Å². The number of carbonyl (C=O) groups is 4. The Morgan fingerprint density at radius 1 is 1.02 bits per heavy atom. The lowest BCUT2D eigenvalue weighted by Gasteiger charge is -2.24. The fraction of sp³-hybridized carbons (Fsp3) is 0.448. The molecule has 1 aliphatic rings. The average molecular weight is 598 g/mol. The Balaban J connectivity index is 1.73. The number of rotatable bonds is 14. The molecule has 0 bridgehead atoms. The van der Waals surface area contributed by atoms with E-state index in [2.05, 4.69) is 16.0 Å². The normalized spacial score (nSPS) is 16.1. The Hall–Kier alpha value is -4.03. The lowest BCUT2D eigenvalue weighted by Crippen LogP contribution is -2.47. The highest BCUT2D eigenvalue weighted by atomic mass is 19.2. The summed E-state index contributed by atoms with van der Waals surface area (Å²) in [5.74, 6) is -13.2. The minimum atomic E-state index is -1.84. The molecule has 1 saturated heterocycles. The third kappa shape index (κ3) is 8.73. The van der Waals surface area contributed by atoms with Crippen molar-refractivity contribution < 1.29 is 45.9 Å². The molecule has 228 valence electrons. The number of hydrogen-bond acceptors (Lipinski definition) is 5. The number of carbonyl (C=O) groups excluding carboxylic acids is 4. The molecule has 0 spiro atoms. The number of Topliss-reactive ketones (excluding diaryl/α,β-unsaturated/α-hetero) is 1. The van der Waals surface area contributed by atoms with Gasteiger partial charge in [0.15, 0.2) is 23.2 Å². The first-order valence-corrected chi connectivity index (χ1v) is 13.4. The van der Waals surface area contributed by atoms with Gasteiger partial charge in [-0.15, -0.1) is 0 Å². The van der Waals surface area contributed by atoms with Crippen LogP contribution in [0.2, 0.25) is 0 Å². The highest BCUT2D eigenvalue weighted by molar-refractivity contribution is 5.93. The molecule has 0 unspecified atom stereocenters. The SMILES string of the molecule is CC(C)C[C@H](CC(=O)NCc1ccccc1F)C(=O)N[C@@H](C[C@@H]1CCNC1=O)C(=O)COc1c(F)c(F)cc(F)c1F. The predicted octanol–water partition coefficient (Wildman–Crippen LogP) is 3.71. The van der Waals surface area contributed by atoms with E-state index in [9.17, 15) is 41.1 Å².